The summed E-state index contributed by atoms with van der Waals surface area (Å²) in [7, 11) is 1.85. The van der Waals surface area contributed by atoms with Gasteiger partial charge in [0.25, 0.3) is 5.91 Å². The van der Waals surface area contributed by atoms with Crippen molar-refractivity contribution >= 4 is 17.5 Å². The molecular formula is C13H20ClN3O. The second-order valence-corrected chi connectivity index (χ2v) is 5.43. The summed E-state index contributed by atoms with van der Waals surface area (Å²) in [5.74, 6) is 0.620. The van der Waals surface area contributed by atoms with Gasteiger partial charge < -0.3 is 15.2 Å². The van der Waals surface area contributed by atoms with Crippen LogP contribution in [0.15, 0.2) is 12.3 Å². The maximum absolute atomic E-state index is 12.4. The van der Waals surface area contributed by atoms with Crippen LogP contribution in [-0.4, -0.2) is 35.0 Å². The van der Waals surface area contributed by atoms with Crippen LogP contribution in [0.5, 0.6) is 0 Å². The van der Waals surface area contributed by atoms with E-state index in [1.54, 1.807) is 16.8 Å². The molecule has 0 aliphatic carbocycles. The van der Waals surface area contributed by atoms with Gasteiger partial charge in [0, 0.05) is 26.3 Å². The highest BCUT2D eigenvalue weighted by molar-refractivity contribution is 6.31. The average Bonchev–Trinajstić information content (AvgIpc) is 2.68. The van der Waals surface area contributed by atoms with Crippen molar-refractivity contribution in [3.05, 3.63) is 23.0 Å². The van der Waals surface area contributed by atoms with Crippen LogP contribution in [0, 0.1) is 5.92 Å². The van der Waals surface area contributed by atoms with Crippen LogP contribution in [-0.2, 0) is 7.05 Å². The van der Waals surface area contributed by atoms with Gasteiger partial charge in [0.05, 0.1) is 5.02 Å². The molecule has 2 heterocycles. The van der Waals surface area contributed by atoms with Crippen molar-refractivity contribution in [2.24, 2.45) is 18.7 Å². The van der Waals surface area contributed by atoms with Crippen molar-refractivity contribution < 1.29 is 4.79 Å². The van der Waals surface area contributed by atoms with E-state index in [9.17, 15) is 4.79 Å². The molecule has 4 nitrogen and oxygen atoms in total. The Kier molecular flexibility index (Phi) is 4.30. The summed E-state index contributed by atoms with van der Waals surface area (Å²) >= 11 is 5.92. The number of nitrogens with zero attached hydrogens (tertiary/aromatic N) is 2. The van der Waals surface area contributed by atoms with Gasteiger partial charge >= 0.3 is 0 Å². The molecule has 1 aliphatic heterocycles. The van der Waals surface area contributed by atoms with Crippen LogP contribution in [0.1, 0.15) is 29.8 Å². The highest BCUT2D eigenvalue weighted by Crippen LogP contribution is 2.22. The lowest BCUT2D eigenvalue weighted by Crippen LogP contribution is -2.41. The molecule has 5 heteroatoms. The molecule has 1 aromatic heterocycles. The molecule has 1 saturated heterocycles. The number of hydrogen-bond donors (Lipinski definition) is 1. The minimum absolute atomic E-state index is 0.0751. The fourth-order valence-corrected chi connectivity index (χ4v) is 2.87. The summed E-state index contributed by atoms with van der Waals surface area (Å²) in [5, 5.41) is 0.608. The Bertz CT molecular complexity index is 428. The number of amides is 1. The number of carbonyl (C=O) groups is 1. The topological polar surface area (TPSA) is 51.3 Å². The molecule has 0 radical (unpaired) electrons. The van der Waals surface area contributed by atoms with Crippen molar-refractivity contribution in [2.45, 2.75) is 19.3 Å². The third-order valence-electron chi connectivity index (χ3n) is 3.57. The van der Waals surface area contributed by atoms with Gasteiger partial charge in [-0.15, -0.1) is 0 Å². The summed E-state index contributed by atoms with van der Waals surface area (Å²) < 4.78 is 1.79. The first-order valence-electron chi connectivity index (χ1n) is 6.43. The highest BCUT2D eigenvalue weighted by Gasteiger charge is 2.25. The lowest BCUT2D eigenvalue weighted by atomic mass is 9.94. The Morgan fingerprint density at radius 1 is 1.61 bits per heavy atom. The second kappa shape index (κ2) is 5.76. The van der Waals surface area contributed by atoms with Crippen molar-refractivity contribution in [1.82, 2.24) is 9.47 Å². The Balaban J connectivity index is 2.06. The van der Waals surface area contributed by atoms with Gasteiger partial charge in [-0.2, -0.15) is 0 Å². The first-order valence-corrected chi connectivity index (χ1v) is 6.81. The maximum Gasteiger partial charge on any atom is 0.270 e. The number of halogens is 1. The second-order valence-electron chi connectivity index (χ2n) is 4.99. The number of nitrogens with two attached hydrogens (primary N) is 1. The van der Waals surface area contributed by atoms with Crippen molar-refractivity contribution in [3.63, 3.8) is 0 Å². The van der Waals surface area contributed by atoms with Gasteiger partial charge in [-0.3, -0.25) is 4.79 Å². The zero-order valence-electron chi connectivity index (χ0n) is 10.7. The van der Waals surface area contributed by atoms with Crippen molar-refractivity contribution in [2.75, 3.05) is 19.6 Å². The SMILES string of the molecule is Cn1cc(Cl)cc1C(=O)N1CCCC(CCN)C1. The van der Waals surface area contributed by atoms with E-state index >= 15 is 0 Å². The van der Waals surface area contributed by atoms with E-state index < -0.39 is 0 Å². The predicted molar refractivity (Wildman–Crippen MR) is 72.7 cm³/mol. The van der Waals surface area contributed by atoms with Crippen LogP contribution >= 0.6 is 11.6 Å². The largest absolute Gasteiger partial charge is 0.345 e. The van der Waals surface area contributed by atoms with E-state index in [0.717, 1.165) is 25.9 Å². The molecule has 0 aromatic carbocycles. The van der Waals surface area contributed by atoms with Gasteiger partial charge in [0.15, 0.2) is 0 Å². The summed E-state index contributed by atoms with van der Waals surface area (Å²) in [6.45, 7) is 2.35. The molecule has 0 saturated carbocycles. The van der Waals surface area contributed by atoms with Crippen molar-refractivity contribution in [1.29, 1.82) is 0 Å². The molecule has 18 heavy (non-hydrogen) atoms. The monoisotopic (exact) mass is 269 g/mol. The van der Waals surface area contributed by atoms with E-state index in [1.165, 1.54) is 6.42 Å². The van der Waals surface area contributed by atoms with Crippen molar-refractivity contribution in [3.8, 4) is 0 Å². The number of aromatic nitrogens is 1. The zero-order valence-corrected chi connectivity index (χ0v) is 11.5. The molecule has 0 spiro atoms. The van der Waals surface area contributed by atoms with Gasteiger partial charge in [0.2, 0.25) is 0 Å². The summed E-state index contributed by atoms with van der Waals surface area (Å²) in [4.78, 5) is 14.3. The fourth-order valence-electron chi connectivity index (χ4n) is 2.62. The van der Waals surface area contributed by atoms with Gasteiger partial charge in [-0.05, 0) is 37.8 Å². The lowest BCUT2D eigenvalue weighted by molar-refractivity contribution is 0.0660. The molecule has 0 bridgehead atoms. The lowest BCUT2D eigenvalue weighted by Gasteiger charge is -2.32. The van der Waals surface area contributed by atoms with Gasteiger partial charge in [-0.1, -0.05) is 11.6 Å². The highest BCUT2D eigenvalue weighted by atomic mass is 35.5. The van der Waals surface area contributed by atoms with E-state index in [1.807, 2.05) is 11.9 Å². The summed E-state index contributed by atoms with van der Waals surface area (Å²) in [5.41, 5.74) is 6.26. The normalized spacial score (nSPS) is 20.2. The number of hydrogen-bond acceptors (Lipinski definition) is 2. The third kappa shape index (κ3) is 2.87. The molecule has 1 unspecified atom stereocenters. The maximum atomic E-state index is 12.4. The van der Waals surface area contributed by atoms with Crippen LogP contribution in [0.25, 0.3) is 0 Å². The van der Waals surface area contributed by atoms with E-state index in [-0.39, 0.29) is 5.91 Å². The molecule has 1 atom stereocenters. The molecule has 2 rings (SSSR count). The smallest absolute Gasteiger partial charge is 0.270 e. The van der Waals surface area contributed by atoms with E-state index in [0.29, 0.717) is 23.2 Å². The Morgan fingerprint density at radius 3 is 3.00 bits per heavy atom. The molecule has 1 aliphatic rings. The van der Waals surface area contributed by atoms with E-state index in [2.05, 4.69) is 0 Å². The molecule has 1 amide bonds. The van der Waals surface area contributed by atoms with E-state index in [4.69, 9.17) is 17.3 Å². The Morgan fingerprint density at radius 2 is 2.39 bits per heavy atom. The van der Waals surface area contributed by atoms with Crippen LogP contribution < -0.4 is 5.73 Å². The summed E-state index contributed by atoms with van der Waals surface area (Å²) in [6, 6.07) is 1.73. The zero-order chi connectivity index (χ0) is 13.1. The predicted octanol–water partition coefficient (Wildman–Crippen LogP) is 1.88. The molecule has 100 valence electrons. The van der Waals surface area contributed by atoms with Crippen LogP contribution in [0.3, 0.4) is 0 Å². The molecular weight excluding hydrogens is 250 g/mol. The number of carbonyl (C=O) groups excluding carboxylic acids is 1. The Hall–Kier alpha value is -1.00. The number of piperidine rings is 1. The molecule has 1 fully saturated rings. The first kappa shape index (κ1) is 13.4. The standard InChI is InChI=1S/C13H20ClN3O/c1-16-9-11(14)7-12(16)13(18)17-6-2-3-10(8-17)4-5-15/h7,9-10H,2-6,8,15H2,1H3. The third-order valence-corrected chi connectivity index (χ3v) is 3.78. The van der Waals surface area contributed by atoms with Gasteiger partial charge in [-0.25, -0.2) is 0 Å². The molecule has 2 N–H and O–H groups in total. The Labute approximate surface area is 113 Å². The number of rotatable bonds is 3. The summed E-state index contributed by atoms with van der Waals surface area (Å²) in [6.07, 6.45) is 5.00. The van der Waals surface area contributed by atoms with Gasteiger partial charge in [0.1, 0.15) is 5.69 Å². The minimum atomic E-state index is 0.0751. The molecule has 1 aromatic rings. The quantitative estimate of drug-likeness (QED) is 0.911. The number of likely N-dealkylation sites (tertiary alicyclic amines) is 1. The number of aryl methyl sites for hydroxylation is 1. The van der Waals surface area contributed by atoms with Crippen LogP contribution in [0.4, 0.5) is 0 Å². The first-order chi connectivity index (χ1) is 8.61. The van der Waals surface area contributed by atoms with Crippen LogP contribution in [0.2, 0.25) is 5.02 Å². The average molecular weight is 270 g/mol. The minimum Gasteiger partial charge on any atom is -0.345 e. The fraction of sp³-hybridized carbons (Fsp3) is 0.615.